The first-order chi connectivity index (χ1) is 10.6. The lowest BCUT2D eigenvalue weighted by atomic mass is 10.0. The molecule has 2 aromatic rings. The zero-order chi connectivity index (χ0) is 15.5. The van der Waals surface area contributed by atoms with Gasteiger partial charge in [-0.3, -0.25) is 0 Å². The fourth-order valence-electron chi connectivity index (χ4n) is 2.57. The summed E-state index contributed by atoms with van der Waals surface area (Å²) in [6.07, 6.45) is 1.06. The van der Waals surface area contributed by atoms with E-state index < -0.39 is 5.97 Å². The minimum atomic E-state index is -0.868. The topological polar surface area (TPSA) is 55.8 Å². The lowest BCUT2D eigenvalue weighted by Gasteiger charge is -2.10. The number of ether oxygens (including phenoxy) is 2. The summed E-state index contributed by atoms with van der Waals surface area (Å²) in [5.74, 6) is 0.450. The van der Waals surface area contributed by atoms with Crippen LogP contribution in [0.15, 0.2) is 29.6 Å². The molecule has 1 aromatic carbocycles. The van der Waals surface area contributed by atoms with Gasteiger partial charge in [-0.05, 0) is 47.5 Å². The summed E-state index contributed by atoms with van der Waals surface area (Å²) in [6, 6.07) is 7.81. The molecule has 5 heteroatoms. The second-order valence-corrected chi connectivity index (χ2v) is 6.35. The highest BCUT2D eigenvalue weighted by atomic mass is 32.1. The van der Waals surface area contributed by atoms with E-state index in [1.54, 1.807) is 0 Å². The van der Waals surface area contributed by atoms with Crippen molar-refractivity contribution in [2.75, 3.05) is 19.8 Å². The van der Waals surface area contributed by atoms with Gasteiger partial charge >= 0.3 is 5.97 Å². The highest BCUT2D eigenvalue weighted by molar-refractivity contribution is 7.12. The van der Waals surface area contributed by atoms with Gasteiger partial charge < -0.3 is 14.6 Å². The number of carboxylic acids is 1. The van der Waals surface area contributed by atoms with Crippen LogP contribution in [0.25, 0.3) is 11.1 Å². The zero-order valence-electron chi connectivity index (χ0n) is 12.4. The van der Waals surface area contributed by atoms with Crippen LogP contribution >= 0.6 is 11.3 Å². The Balaban J connectivity index is 1.69. The average Bonchev–Trinajstić information content (AvgIpc) is 3.15. The van der Waals surface area contributed by atoms with Crippen molar-refractivity contribution in [3.63, 3.8) is 0 Å². The van der Waals surface area contributed by atoms with Crippen molar-refractivity contribution in [1.82, 2.24) is 0 Å². The first-order valence-electron chi connectivity index (χ1n) is 7.27. The monoisotopic (exact) mass is 318 g/mol. The van der Waals surface area contributed by atoms with E-state index in [9.17, 15) is 4.79 Å². The molecule has 4 nitrogen and oxygen atoms in total. The third-order valence-corrected chi connectivity index (χ3v) is 4.98. The molecule has 0 saturated carbocycles. The molecule has 1 saturated heterocycles. The number of hydrogen-bond donors (Lipinski definition) is 1. The van der Waals surface area contributed by atoms with Crippen LogP contribution in [0.3, 0.4) is 0 Å². The maximum Gasteiger partial charge on any atom is 0.346 e. The van der Waals surface area contributed by atoms with Crippen LogP contribution in [0.1, 0.15) is 21.7 Å². The second-order valence-electron chi connectivity index (χ2n) is 5.47. The van der Waals surface area contributed by atoms with Crippen LogP contribution in [0, 0.1) is 12.8 Å². The molecule has 2 heterocycles. The highest BCUT2D eigenvalue weighted by Gasteiger charge is 2.17. The summed E-state index contributed by atoms with van der Waals surface area (Å²) < 4.78 is 11.1. The van der Waals surface area contributed by atoms with Gasteiger partial charge in [-0.1, -0.05) is 12.1 Å². The number of benzene rings is 1. The van der Waals surface area contributed by atoms with E-state index in [2.05, 4.69) is 0 Å². The molecule has 1 N–H and O–H groups in total. The molecule has 116 valence electrons. The van der Waals surface area contributed by atoms with Crippen molar-refractivity contribution in [3.8, 4) is 16.9 Å². The van der Waals surface area contributed by atoms with Crippen LogP contribution in [-0.2, 0) is 4.74 Å². The SMILES string of the molecule is Cc1c(-c2ccc(OCC3CCOC3)cc2)csc1C(=O)O. The molecule has 0 bridgehead atoms. The van der Waals surface area contributed by atoms with E-state index in [1.807, 2.05) is 36.6 Å². The Labute approximate surface area is 133 Å². The predicted octanol–water partition coefficient (Wildman–Crippen LogP) is 3.84. The Morgan fingerprint density at radius 1 is 1.41 bits per heavy atom. The largest absolute Gasteiger partial charge is 0.493 e. The van der Waals surface area contributed by atoms with E-state index in [0.717, 1.165) is 42.1 Å². The number of carboxylic acid groups (broad SMARTS) is 1. The molecule has 0 spiro atoms. The van der Waals surface area contributed by atoms with Crippen molar-refractivity contribution >= 4 is 17.3 Å². The van der Waals surface area contributed by atoms with Gasteiger partial charge in [-0.25, -0.2) is 4.79 Å². The number of rotatable bonds is 5. The van der Waals surface area contributed by atoms with Crippen molar-refractivity contribution in [2.45, 2.75) is 13.3 Å². The normalized spacial score (nSPS) is 17.6. The molecule has 1 aliphatic heterocycles. The highest BCUT2D eigenvalue weighted by Crippen LogP contribution is 2.32. The fraction of sp³-hybridized carbons (Fsp3) is 0.353. The van der Waals surface area contributed by atoms with Crippen molar-refractivity contribution in [3.05, 3.63) is 40.1 Å². The number of aromatic carboxylic acids is 1. The van der Waals surface area contributed by atoms with Crippen LogP contribution in [0.5, 0.6) is 5.75 Å². The number of hydrogen-bond acceptors (Lipinski definition) is 4. The molecule has 1 aromatic heterocycles. The lowest BCUT2D eigenvalue weighted by Crippen LogP contribution is -2.11. The van der Waals surface area contributed by atoms with Crippen molar-refractivity contribution in [2.24, 2.45) is 5.92 Å². The minimum Gasteiger partial charge on any atom is -0.493 e. The third-order valence-electron chi connectivity index (χ3n) is 3.91. The summed E-state index contributed by atoms with van der Waals surface area (Å²) in [5, 5.41) is 11.0. The van der Waals surface area contributed by atoms with E-state index in [0.29, 0.717) is 17.4 Å². The van der Waals surface area contributed by atoms with Gasteiger partial charge in [0.15, 0.2) is 0 Å². The zero-order valence-corrected chi connectivity index (χ0v) is 13.2. The number of carbonyl (C=O) groups is 1. The molecule has 1 unspecified atom stereocenters. The molecule has 3 rings (SSSR count). The van der Waals surface area contributed by atoms with Crippen LogP contribution in [-0.4, -0.2) is 30.9 Å². The molecule has 0 radical (unpaired) electrons. The molecular formula is C17H18O4S. The van der Waals surface area contributed by atoms with Gasteiger partial charge in [0.2, 0.25) is 0 Å². The molecule has 1 fully saturated rings. The van der Waals surface area contributed by atoms with Gasteiger partial charge in [0, 0.05) is 12.5 Å². The van der Waals surface area contributed by atoms with Crippen LogP contribution in [0.4, 0.5) is 0 Å². The summed E-state index contributed by atoms with van der Waals surface area (Å²) in [5.41, 5.74) is 2.80. The van der Waals surface area contributed by atoms with Gasteiger partial charge in [0.25, 0.3) is 0 Å². The summed E-state index contributed by atoms with van der Waals surface area (Å²) >= 11 is 1.27. The van der Waals surface area contributed by atoms with Gasteiger partial charge in [-0.2, -0.15) is 0 Å². The second kappa shape index (κ2) is 6.50. The third kappa shape index (κ3) is 3.15. The van der Waals surface area contributed by atoms with Gasteiger partial charge in [-0.15, -0.1) is 11.3 Å². The molecule has 22 heavy (non-hydrogen) atoms. The first-order valence-corrected chi connectivity index (χ1v) is 8.15. The Hall–Kier alpha value is -1.85. The lowest BCUT2D eigenvalue weighted by molar-refractivity contribution is 0.0701. The Kier molecular flexibility index (Phi) is 4.45. The summed E-state index contributed by atoms with van der Waals surface area (Å²) in [4.78, 5) is 11.5. The van der Waals surface area contributed by atoms with Crippen molar-refractivity contribution < 1.29 is 19.4 Å². The minimum absolute atomic E-state index is 0.400. The maximum absolute atomic E-state index is 11.1. The average molecular weight is 318 g/mol. The fourth-order valence-corrected chi connectivity index (χ4v) is 3.51. The number of thiophene rings is 1. The van der Waals surface area contributed by atoms with E-state index in [-0.39, 0.29) is 0 Å². The Morgan fingerprint density at radius 3 is 2.77 bits per heavy atom. The molecule has 0 aliphatic carbocycles. The summed E-state index contributed by atoms with van der Waals surface area (Å²) in [6.45, 7) is 4.14. The van der Waals surface area contributed by atoms with Gasteiger partial charge in [0.1, 0.15) is 10.6 Å². The standard InChI is InChI=1S/C17H18O4S/c1-11-15(10-22-16(11)17(18)19)13-2-4-14(5-3-13)21-9-12-6-7-20-8-12/h2-5,10,12H,6-9H2,1H3,(H,18,19). The molecular weight excluding hydrogens is 300 g/mol. The molecule has 0 amide bonds. The maximum atomic E-state index is 11.1. The smallest absolute Gasteiger partial charge is 0.346 e. The Morgan fingerprint density at radius 2 is 2.18 bits per heavy atom. The quantitative estimate of drug-likeness (QED) is 0.910. The molecule has 1 aliphatic rings. The van der Waals surface area contributed by atoms with E-state index >= 15 is 0 Å². The first kappa shape index (κ1) is 15.1. The van der Waals surface area contributed by atoms with Crippen molar-refractivity contribution in [1.29, 1.82) is 0 Å². The van der Waals surface area contributed by atoms with E-state index in [4.69, 9.17) is 14.6 Å². The van der Waals surface area contributed by atoms with E-state index in [1.165, 1.54) is 11.3 Å². The van der Waals surface area contributed by atoms with Crippen LogP contribution < -0.4 is 4.74 Å². The molecule has 1 atom stereocenters. The Bertz CT molecular complexity index is 654. The summed E-state index contributed by atoms with van der Waals surface area (Å²) in [7, 11) is 0. The van der Waals surface area contributed by atoms with Gasteiger partial charge in [0.05, 0.1) is 13.2 Å². The van der Waals surface area contributed by atoms with Crippen LogP contribution in [0.2, 0.25) is 0 Å². The predicted molar refractivity (Wildman–Crippen MR) is 85.9 cm³/mol.